The molecule has 0 saturated carbocycles. The molecule has 5 aromatic rings. The van der Waals surface area contributed by atoms with Crippen molar-refractivity contribution in [2.45, 2.75) is 57.0 Å². The Balaban J connectivity index is 1.27. The summed E-state index contributed by atoms with van der Waals surface area (Å²) in [6, 6.07) is 33.3. The minimum absolute atomic E-state index is 0.298. The highest BCUT2D eigenvalue weighted by atomic mass is 16.5. The molecule has 1 saturated heterocycles. The van der Waals surface area contributed by atoms with E-state index in [-0.39, 0.29) is 5.41 Å². The third-order valence-corrected chi connectivity index (χ3v) is 11.1. The third-order valence-electron chi connectivity index (χ3n) is 11.1. The van der Waals surface area contributed by atoms with Gasteiger partial charge in [0, 0.05) is 46.3 Å². The summed E-state index contributed by atoms with van der Waals surface area (Å²) in [6.07, 6.45) is 15.1. The maximum atomic E-state index is 9.77. The van der Waals surface area contributed by atoms with Crippen molar-refractivity contribution in [2.75, 3.05) is 18.0 Å². The molecule has 5 aromatic carbocycles. The number of allylic oxidation sites excluding steroid dienone is 1. The van der Waals surface area contributed by atoms with Crippen molar-refractivity contribution in [3.63, 3.8) is 0 Å². The minimum Gasteiger partial charge on any atom is -0.472 e. The average molecular weight is 611 g/mol. The topological polar surface area (TPSA) is 36.3 Å². The zero-order valence-corrected chi connectivity index (χ0v) is 27.1. The normalized spacial score (nSPS) is 20.1. The second-order valence-corrected chi connectivity index (χ2v) is 14.2. The number of fused-ring (bicyclic) bond motifs is 9. The molecule has 0 aromatic heterocycles. The summed E-state index contributed by atoms with van der Waals surface area (Å²) in [5.41, 5.74) is 12.0. The summed E-state index contributed by atoms with van der Waals surface area (Å²) in [7, 11) is 0. The molecule has 2 aliphatic carbocycles. The van der Waals surface area contributed by atoms with E-state index >= 15 is 0 Å². The van der Waals surface area contributed by atoms with Crippen LogP contribution in [-0.2, 0) is 17.4 Å². The number of nitrogens with zero attached hydrogens (tertiary/aromatic N) is 2. The number of hydrogen-bond donors (Lipinski definition) is 0. The summed E-state index contributed by atoms with van der Waals surface area (Å²) >= 11 is 0. The van der Waals surface area contributed by atoms with Gasteiger partial charge in [0.2, 0.25) is 0 Å². The molecule has 3 nitrogen and oxygen atoms in total. The molecule has 9 rings (SSSR count). The summed E-state index contributed by atoms with van der Waals surface area (Å²) in [6.45, 7) is 6.83. The second kappa shape index (κ2) is 10.5. The third kappa shape index (κ3) is 4.17. The van der Waals surface area contributed by atoms with Crippen LogP contribution in [0.1, 0.15) is 84.0 Å². The Bertz CT molecular complexity index is 2190. The highest BCUT2D eigenvalue weighted by Crippen LogP contribution is 2.58. The molecule has 0 bridgehead atoms. The fourth-order valence-electron chi connectivity index (χ4n) is 8.72. The van der Waals surface area contributed by atoms with Crippen molar-refractivity contribution >= 4 is 28.6 Å². The molecule has 47 heavy (non-hydrogen) atoms. The van der Waals surface area contributed by atoms with E-state index in [9.17, 15) is 5.26 Å². The molecule has 2 heterocycles. The van der Waals surface area contributed by atoms with E-state index in [1.165, 1.54) is 63.7 Å². The van der Waals surface area contributed by atoms with E-state index in [0.717, 1.165) is 53.8 Å². The highest BCUT2D eigenvalue weighted by molar-refractivity contribution is 6.08. The molecular formula is C44H38N2O. The maximum absolute atomic E-state index is 9.77. The van der Waals surface area contributed by atoms with Crippen LogP contribution < -0.4 is 9.64 Å². The Morgan fingerprint density at radius 2 is 1.60 bits per heavy atom. The molecule has 1 atom stereocenters. The van der Waals surface area contributed by atoms with E-state index in [1.54, 1.807) is 0 Å². The molecule has 4 aliphatic rings. The Labute approximate surface area is 277 Å². The van der Waals surface area contributed by atoms with Gasteiger partial charge in [-0.25, -0.2) is 0 Å². The minimum atomic E-state index is -0.787. The number of aryl methyl sites for hydroxylation is 1. The Kier molecular flexibility index (Phi) is 6.28. The molecule has 1 unspecified atom stereocenters. The highest BCUT2D eigenvalue weighted by Gasteiger charge is 2.44. The Hall–Kier alpha value is -5.07. The van der Waals surface area contributed by atoms with Crippen molar-refractivity contribution in [3.8, 4) is 22.9 Å². The summed E-state index contributed by atoms with van der Waals surface area (Å²) in [4.78, 5) is 2.52. The van der Waals surface area contributed by atoms with Crippen LogP contribution in [0, 0.1) is 11.3 Å². The lowest BCUT2D eigenvalue weighted by molar-refractivity contribution is 0.163. The van der Waals surface area contributed by atoms with Gasteiger partial charge in [0.15, 0.2) is 5.60 Å². The van der Waals surface area contributed by atoms with Crippen LogP contribution in [-0.4, -0.2) is 13.1 Å². The van der Waals surface area contributed by atoms with Crippen LogP contribution in [0.25, 0.3) is 34.1 Å². The SMILES string of the molecule is CC1(C)c2cc(C#N)ccc2-c2c1c1c(c3ccccc23)OC(c2ccc(N3CCCCC3)cc2)(c2ccc3c(c2)CCC=C3)C=C1. The first-order valence-electron chi connectivity index (χ1n) is 17.2. The largest absolute Gasteiger partial charge is 0.472 e. The smallest absolute Gasteiger partial charge is 0.178 e. The fraction of sp³-hybridized carbons (Fsp3) is 0.250. The van der Waals surface area contributed by atoms with Gasteiger partial charge < -0.3 is 9.64 Å². The van der Waals surface area contributed by atoms with E-state index < -0.39 is 5.60 Å². The van der Waals surface area contributed by atoms with Gasteiger partial charge in [-0.3, -0.25) is 0 Å². The van der Waals surface area contributed by atoms with Crippen LogP contribution in [0.2, 0.25) is 0 Å². The number of hydrogen-bond acceptors (Lipinski definition) is 3. The summed E-state index contributed by atoms with van der Waals surface area (Å²) in [5.74, 6) is 0.931. The molecule has 2 aliphatic heterocycles. The molecule has 0 N–H and O–H groups in total. The van der Waals surface area contributed by atoms with Crippen molar-refractivity contribution in [1.29, 1.82) is 5.26 Å². The van der Waals surface area contributed by atoms with Gasteiger partial charge in [0.1, 0.15) is 5.75 Å². The lowest BCUT2D eigenvalue weighted by atomic mass is 9.76. The molecule has 1 fully saturated rings. The predicted octanol–water partition coefficient (Wildman–Crippen LogP) is 10.3. The lowest BCUT2D eigenvalue weighted by Gasteiger charge is -2.39. The van der Waals surface area contributed by atoms with Gasteiger partial charge in [-0.05, 0) is 101 Å². The van der Waals surface area contributed by atoms with Crippen LogP contribution in [0.3, 0.4) is 0 Å². The van der Waals surface area contributed by atoms with Gasteiger partial charge in [0.25, 0.3) is 0 Å². The van der Waals surface area contributed by atoms with Crippen molar-refractivity contribution in [2.24, 2.45) is 0 Å². The predicted molar refractivity (Wildman–Crippen MR) is 193 cm³/mol. The van der Waals surface area contributed by atoms with E-state index in [0.29, 0.717) is 5.56 Å². The summed E-state index contributed by atoms with van der Waals surface area (Å²) in [5, 5.41) is 12.1. The number of anilines is 1. The van der Waals surface area contributed by atoms with Gasteiger partial charge in [0.05, 0.1) is 11.6 Å². The fourth-order valence-corrected chi connectivity index (χ4v) is 8.72. The van der Waals surface area contributed by atoms with Crippen molar-refractivity contribution in [1.82, 2.24) is 0 Å². The zero-order chi connectivity index (χ0) is 31.8. The molecule has 0 radical (unpaired) electrons. The molecule has 3 heteroatoms. The van der Waals surface area contributed by atoms with Gasteiger partial charge in [-0.15, -0.1) is 0 Å². The number of nitriles is 1. The average Bonchev–Trinajstić information content (AvgIpc) is 3.37. The number of ether oxygens (including phenoxy) is 1. The molecular weight excluding hydrogens is 572 g/mol. The molecule has 0 spiro atoms. The van der Waals surface area contributed by atoms with Gasteiger partial charge >= 0.3 is 0 Å². The van der Waals surface area contributed by atoms with E-state index in [4.69, 9.17) is 4.74 Å². The van der Waals surface area contributed by atoms with Crippen LogP contribution >= 0.6 is 0 Å². The van der Waals surface area contributed by atoms with Crippen LogP contribution in [0.4, 0.5) is 5.69 Å². The van der Waals surface area contributed by atoms with E-state index in [1.807, 2.05) is 6.07 Å². The monoisotopic (exact) mass is 610 g/mol. The zero-order valence-electron chi connectivity index (χ0n) is 27.1. The molecule has 0 amide bonds. The van der Waals surface area contributed by atoms with Crippen molar-refractivity contribution < 1.29 is 4.74 Å². The Morgan fingerprint density at radius 3 is 2.40 bits per heavy atom. The van der Waals surface area contributed by atoms with E-state index in [2.05, 4.69) is 128 Å². The number of benzene rings is 5. The van der Waals surface area contributed by atoms with Gasteiger partial charge in [-0.1, -0.05) is 92.7 Å². The van der Waals surface area contributed by atoms with Crippen molar-refractivity contribution in [3.05, 3.63) is 142 Å². The number of rotatable bonds is 3. The summed E-state index contributed by atoms with van der Waals surface area (Å²) < 4.78 is 7.57. The van der Waals surface area contributed by atoms with Gasteiger partial charge in [-0.2, -0.15) is 5.26 Å². The first kappa shape index (κ1) is 28.2. The van der Waals surface area contributed by atoms with Crippen LogP contribution in [0.5, 0.6) is 5.75 Å². The quantitative estimate of drug-likeness (QED) is 0.204. The first-order valence-corrected chi connectivity index (χ1v) is 17.2. The maximum Gasteiger partial charge on any atom is 0.178 e. The lowest BCUT2D eigenvalue weighted by Crippen LogP contribution is -2.35. The molecule has 230 valence electrons. The standard InChI is InChI=1S/C44H38N2O/c1-43(2)39-26-29(28-45)14-21-37(39)40-35-12-6-7-13-36(35)42-38(41(40)43)22-23-44(47-42,33-16-15-30-10-4-5-11-31(30)27-33)32-17-19-34(20-18-32)46-24-8-3-9-25-46/h4,6-7,10,12-23,26-27H,3,5,8-9,11,24-25H2,1-2H3. The first-order chi connectivity index (χ1) is 23.0. The second-order valence-electron chi connectivity index (χ2n) is 14.2. The van der Waals surface area contributed by atoms with Crippen LogP contribution in [0.15, 0.2) is 97.1 Å². The number of piperidine rings is 1. The Morgan fingerprint density at radius 1 is 0.809 bits per heavy atom.